The lowest BCUT2D eigenvalue weighted by atomic mass is 10.3. The van der Waals surface area contributed by atoms with Gasteiger partial charge in [-0.3, -0.25) is 4.72 Å². The molecule has 19 heavy (non-hydrogen) atoms. The van der Waals surface area contributed by atoms with E-state index in [4.69, 9.17) is 15.7 Å². The summed E-state index contributed by atoms with van der Waals surface area (Å²) in [6.45, 7) is 1.78. The molecule has 5 N–H and O–H groups in total. The number of hydrogen-bond acceptors (Lipinski definition) is 5. The van der Waals surface area contributed by atoms with Gasteiger partial charge in [0.25, 0.3) is 10.2 Å². The molecule has 1 aromatic carbocycles. The molecule has 0 aliphatic heterocycles. The molecular formula is C10H16N4O4S. The van der Waals surface area contributed by atoms with E-state index in [2.05, 4.69) is 14.6 Å². The highest BCUT2D eigenvalue weighted by Crippen LogP contribution is 2.24. The smallest absolute Gasteiger partial charge is 0.299 e. The molecule has 9 heteroatoms. The van der Waals surface area contributed by atoms with Gasteiger partial charge in [0.15, 0.2) is 5.84 Å². The van der Waals surface area contributed by atoms with Crippen molar-refractivity contribution in [3.63, 3.8) is 0 Å². The molecule has 1 rings (SSSR count). The van der Waals surface area contributed by atoms with Crippen molar-refractivity contribution in [3.05, 3.63) is 24.3 Å². The lowest BCUT2D eigenvalue weighted by Gasteiger charge is -2.13. The fourth-order valence-electron chi connectivity index (χ4n) is 1.23. The molecule has 0 amide bonds. The van der Waals surface area contributed by atoms with Gasteiger partial charge in [0.05, 0.1) is 5.69 Å². The first kappa shape index (κ1) is 15.1. The second kappa shape index (κ2) is 6.81. The molecule has 0 heterocycles. The number of hydrogen-bond donors (Lipinski definition) is 4. The largest absolute Gasteiger partial charge is 0.483 e. The molecule has 0 aliphatic carbocycles. The Bertz CT molecular complexity index is 544. The van der Waals surface area contributed by atoms with Crippen LogP contribution in [0, 0.1) is 0 Å². The van der Waals surface area contributed by atoms with E-state index in [-0.39, 0.29) is 30.4 Å². The molecule has 1 aromatic rings. The molecule has 0 fully saturated rings. The zero-order valence-electron chi connectivity index (χ0n) is 10.3. The number of benzene rings is 1. The van der Waals surface area contributed by atoms with E-state index in [1.807, 2.05) is 0 Å². The summed E-state index contributed by atoms with van der Waals surface area (Å²) >= 11 is 0. The number of nitrogens with one attached hydrogen (secondary N) is 2. The molecule has 0 saturated heterocycles. The Balaban J connectivity index is 2.84. The van der Waals surface area contributed by atoms with Gasteiger partial charge < -0.3 is 15.7 Å². The van der Waals surface area contributed by atoms with Crippen molar-refractivity contribution in [1.29, 1.82) is 0 Å². The molecule has 0 aliphatic rings. The van der Waals surface area contributed by atoms with Crippen LogP contribution in [-0.2, 0) is 10.2 Å². The van der Waals surface area contributed by atoms with Gasteiger partial charge in [-0.2, -0.15) is 13.1 Å². The predicted molar refractivity (Wildman–Crippen MR) is 71.6 cm³/mol. The standard InChI is InChI=1S/C10H16N4O4S/c1-2-12-19(16,17)14-8-5-3-4-6-9(8)18-7-10(11)13-15/h3-6,12,14-15H,2,7H2,1H3,(H2,11,13). The zero-order chi connectivity index (χ0) is 14.3. The summed E-state index contributed by atoms with van der Waals surface area (Å²) in [5.41, 5.74) is 5.53. The van der Waals surface area contributed by atoms with E-state index < -0.39 is 10.2 Å². The van der Waals surface area contributed by atoms with Crippen LogP contribution in [0.3, 0.4) is 0 Å². The quantitative estimate of drug-likeness (QED) is 0.244. The van der Waals surface area contributed by atoms with Gasteiger partial charge in [-0.05, 0) is 12.1 Å². The number of oxime groups is 1. The fraction of sp³-hybridized carbons (Fsp3) is 0.300. The number of para-hydroxylation sites is 2. The Kier molecular flexibility index (Phi) is 5.39. The highest BCUT2D eigenvalue weighted by molar-refractivity contribution is 7.90. The van der Waals surface area contributed by atoms with Gasteiger partial charge in [0, 0.05) is 6.54 Å². The number of amidine groups is 1. The molecule has 0 spiro atoms. The van der Waals surface area contributed by atoms with E-state index in [0.29, 0.717) is 0 Å². The molecule has 0 aromatic heterocycles. The molecule has 106 valence electrons. The monoisotopic (exact) mass is 288 g/mol. The average Bonchev–Trinajstić information content (AvgIpc) is 2.36. The molecule has 0 unspecified atom stereocenters. The minimum atomic E-state index is -3.64. The summed E-state index contributed by atoms with van der Waals surface area (Å²) in [6, 6.07) is 6.43. The molecule has 8 nitrogen and oxygen atoms in total. The Morgan fingerprint density at radius 2 is 2.16 bits per heavy atom. The Morgan fingerprint density at radius 1 is 1.47 bits per heavy atom. The van der Waals surface area contributed by atoms with E-state index in [9.17, 15) is 8.42 Å². The Morgan fingerprint density at radius 3 is 2.79 bits per heavy atom. The van der Waals surface area contributed by atoms with Crippen molar-refractivity contribution in [2.45, 2.75) is 6.92 Å². The number of ether oxygens (including phenoxy) is 1. The summed E-state index contributed by atoms with van der Waals surface area (Å²) < 4.78 is 33.0. The minimum Gasteiger partial charge on any atom is -0.483 e. The lowest BCUT2D eigenvalue weighted by Crippen LogP contribution is -2.30. The summed E-state index contributed by atoms with van der Waals surface area (Å²) in [7, 11) is -3.64. The molecule has 0 saturated carbocycles. The number of anilines is 1. The van der Waals surface area contributed by atoms with Crippen molar-refractivity contribution in [2.24, 2.45) is 10.9 Å². The fourth-order valence-corrected chi connectivity index (χ4v) is 2.14. The zero-order valence-corrected chi connectivity index (χ0v) is 11.1. The first-order chi connectivity index (χ1) is 8.98. The summed E-state index contributed by atoms with van der Waals surface area (Å²) in [6.07, 6.45) is 0. The van der Waals surface area contributed by atoms with E-state index in [1.165, 1.54) is 6.07 Å². The third-order valence-electron chi connectivity index (χ3n) is 1.97. The number of rotatable bonds is 7. The third-order valence-corrected chi connectivity index (χ3v) is 3.13. The van der Waals surface area contributed by atoms with Crippen LogP contribution in [0.25, 0.3) is 0 Å². The molecule has 0 bridgehead atoms. The van der Waals surface area contributed by atoms with Gasteiger partial charge in [-0.25, -0.2) is 0 Å². The van der Waals surface area contributed by atoms with Crippen molar-refractivity contribution in [2.75, 3.05) is 17.9 Å². The molecule has 0 atom stereocenters. The minimum absolute atomic E-state index is 0.121. The van der Waals surface area contributed by atoms with Gasteiger partial charge in [-0.15, -0.1) is 0 Å². The predicted octanol–water partition coefficient (Wildman–Crippen LogP) is 0.0780. The van der Waals surface area contributed by atoms with Gasteiger partial charge in [0.2, 0.25) is 0 Å². The SMILES string of the molecule is CCNS(=O)(=O)Nc1ccccc1OC/C(N)=N/O. The summed E-state index contributed by atoms with van der Waals surface area (Å²) in [5.74, 6) is 0.153. The van der Waals surface area contributed by atoms with Crippen molar-refractivity contribution < 1.29 is 18.4 Å². The van der Waals surface area contributed by atoms with E-state index in [1.54, 1.807) is 25.1 Å². The Labute approximate surface area is 111 Å². The highest BCUT2D eigenvalue weighted by atomic mass is 32.2. The van der Waals surface area contributed by atoms with E-state index in [0.717, 1.165) is 0 Å². The number of nitrogens with two attached hydrogens (primary N) is 1. The summed E-state index contributed by atoms with van der Waals surface area (Å²) in [4.78, 5) is 0. The van der Waals surface area contributed by atoms with E-state index >= 15 is 0 Å². The summed E-state index contributed by atoms with van der Waals surface area (Å²) in [5, 5.41) is 11.2. The van der Waals surface area contributed by atoms with Crippen LogP contribution >= 0.6 is 0 Å². The van der Waals surface area contributed by atoms with Crippen LogP contribution in [0.5, 0.6) is 5.75 Å². The van der Waals surface area contributed by atoms with Crippen LogP contribution < -0.4 is 19.9 Å². The van der Waals surface area contributed by atoms with Crippen molar-refractivity contribution in [3.8, 4) is 5.75 Å². The van der Waals surface area contributed by atoms with Gasteiger partial charge in [-0.1, -0.05) is 24.2 Å². The maximum Gasteiger partial charge on any atom is 0.299 e. The second-order valence-electron chi connectivity index (χ2n) is 3.48. The van der Waals surface area contributed by atoms with Crippen LogP contribution in [-0.4, -0.2) is 32.6 Å². The van der Waals surface area contributed by atoms with Gasteiger partial charge in [0.1, 0.15) is 12.4 Å². The first-order valence-electron chi connectivity index (χ1n) is 5.44. The maximum absolute atomic E-state index is 11.6. The highest BCUT2D eigenvalue weighted by Gasteiger charge is 2.11. The topological polar surface area (TPSA) is 126 Å². The van der Waals surface area contributed by atoms with Crippen LogP contribution in [0.4, 0.5) is 5.69 Å². The first-order valence-corrected chi connectivity index (χ1v) is 6.92. The maximum atomic E-state index is 11.6. The lowest BCUT2D eigenvalue weighted by molar-refractivity contribution is 0.306. The van der Waals surface area contributed by atoms with Crippen molar-refractivity contribution in [1.82, 2.24) is 4.72 Å². The second-order valence-corrected chi connectivity index (χ2v) is 4.98. The normalized spacial score (nSPS) is 12.2. The van der Waals surface area contributed by atoms with Crippen LogP contribution in [0.15, 0.2) is 29.4 Å². The number of nitrogens with zero attached hydrogens (tertiary/aromatic N) is 1. The van der Waals surface area contributed by atoms with Gasteiger partial charge >= 0.3 is 0 Å². The van der Waals surface area contributed by atoms with Crippen LogP contribution in [0.1, 0.15) is 6.92 Å². The Hall–Kier alpha value is -2.00. The molecular weight excluding hydrogens is 272 g/mol. The average molecular weight is 288 g/mol. The van der Waals surface area contributed by atoms with Crippen LogP contribution in [0.2, 0.25) is 0 Å². The third kappa shape index (κ3) is 5.02. The van der Waals surface area contributed by atoms with Crippen molar-refractivity contribution >= 4 is 21.7 Å². The molecule has 0 radical (unpaired) electrons.